The Balaban J connectivity index is 1.44. The molecule has 0 bridgehead atoms. The Morgan fingerprint density at radius 2 is 1.83 bits per heavy atom. The van der Waals surface area contributed by atoms with E-state index >= 15 is 0 Å². The van der Waals surface area contributed by atoms with Gasteiger partial charge in [-0.15, -0.1) is 0 Å². The Hall–Kier alpha value is -2.68. The molecule has 3 N–H and O–H groups in total. The molecule has 0 saturated heterocycles. The number of nitrogens with two attached hydrogens (primary N) is 1. The van der Waals surface area contributed by atoms with Crippen molar-refractivity contribution in [2.24, 2.45) is 5.14 Å². The van der Waals surface area contributed by atoms with Crippen LogP contribution in [-0.2, 0) is 27.7 Å². The minimum Gasteiger partial charge on any atom is -0.441 e. The second-order valence-corrected chi connectivity index (χ2v) is 8.36. The van der Waals surface area contributed by atoms with Crippen molar-refractivity contribution >= 4 is 27.5 Å². The normalized spacial score (nSPS) is 11.4. The molecule has 29 heavy (non-hydrogen) atoms. The van der Waals surface area contributed by atoms with Crippen molar-refractivity contribution in [2.75, 3.05) is 6.54 Å². The first-order chi connectivity index (χ1) is 13.8. The highest BCUT2D eigenvalue weighted by atomic mass is 35.5. The Morgan fingerprint density at radius 1 is 1.10 bits per heavy atom. The number of halogens is 1. The van der Waals surface area contributed by atoms with Crippen LogP contribution in [0.4, 0.5) is 0 Å². The molecule has 3 rings (SSSR count). The minimum absolute atomic E-state index is 0.0624. The number of aromatic nitrogens is 1. The fourth-order valence-corrected chi connectivity index (χ4v) is 3.46. The summed E-state index contributed by atoms with van der Waals surface area (Å²) in [6, 6.07) is 13.6. The van der Waals surface area contributed by atoms with Crippen molar-refractivity contribution in [3.05, 3.63) is 71.2 Å². The van der Waals surface area contributed by atoms with Crippen LogP contribution in [0, 0.1) is 0 Å². The first kappa shape index (κ1) is 21.0. The molecule has 2 aromatic carbocycles. The molecule has 0 unspecified atom stereocenters. The van der Waals surface area contributed by atoms with Crippen molar-refractivity contribution in [2.45, 2.75) is 24.2 Å². The summed E-state index contributed by atoms with van der Waals surface area (Å²) < 4.78 is 28.2. The molecule has 0 aliphatic rings. The van der Waals surface area contributed by atoms with E-state index in [4.69, 9.17) is 21.2 Å². The van der Waals surface area contributed by atoms with Gasteiger partial charge in [-0.05, 0) is 36.2 Å². The number of aryl methyl sites for hydroxylation is 1. The van der Waals surface area contributed by atoms with Crippen molar-refractivity contribution < 1.29 is 17.6 Å². The number of hydrogen-bond acceptors (Lipinski definition) is 5. The number of nitrogens with zero attached hydrogens (tertiary/aromatic N) is 1. The lowest BCUT2D eigenvalue weighted by Crippen LogP contribution is -2.25. The molecule has 1 amide bonds. The summed E-state index contributed by atoms with van der Waals surface area (Å²) >= 11 is 6.15. The monoisotopic (exact) mass is 433 g/mol. The lowest BCUT2D eigenvalue weighted by molar-refractivity contribution is -0.121. The van der Waals surface area contributed by atoms with Crippen LogP contribution < -0.4 is 10.5 Å². The second-order valence-electron chi connectivity index (χ2n) is 6.39. The molecule has 9 heteroatoms. The molecule has 1 heterocycles. The highest BCUT2D eigenvalue weighted by Crippen LogP contribution is 2.28. The fourth-order valence-electron chi connectivity index (χ4n) is 2.71. The Kier molecular flexibility index (Phi) is 6.68. The van der Waals surface area contributed by atoms with Gasteiger partial charge in [0.2, 0.25) is 15.9 Å². The number of nitrogens with one attached hydrogen (secondary N) is 1. The van der Waals surface area contributed by atoms with E-state index in [0.717, 1.165) is 11.1 Å². The minimum atomic E-state index is -3.70. The van der Waals surface area contributed by atoms with E-state index in [2.05, 4.69) is 10.3 Å². The summed E-state index contributed by atoms with van der Waals surface area (Å²) in [5, 5.41) is 8.46. The number of primary sulfonamides is 1. The molecule has 0 fully saturated rings. The maximum absolute atomic E-state index is 12.0. The van der Waals surface area contributed by atoms with Crippen molar-refractivity contribution in [3.8, 4) is 11.3 Å². The maximum Gasteiger partial charge on any atom is 0.238 e. The van der Waals surface area contributed by atoms with Gasteiger partial charge in [0, 0.05) is 24.9 Å². The quantitative estimate of drug-likeness (QED) is 0.566. The molecule has 0 saturated carbocycles. The smallest absolute Gasteiger partial charge is 0.238 e. The van der Waals surface area contributed by atoms with Crippen LogP contribution in [0.25, 0.3) is 11.3 Å². The van der Waals surface area contributed by atoms with E-state index in [1.807, 2.05) is 18.2 Å². The predicted molar refractivity (Wildman–Crippen MR) is 110 cm³/mol. The van der Waals surface area contributed by atoms with Gasteiger partial charge in [0.1, 0.15) is 0 Å². The number of carbonyl (C=O) groups is 1. The highest BCUT2D eigenvalue weighted by molar-refractivity contribution is 7.89. The molecule has 1 aromatic heterocycles. The van der Waals surface area contributed by atoms with Crippen molar-refractivity contribution in [1.82, 2.24) is 10.3 Å². The van der Waals surface area contributed by atoms with E-state index in [9.17, 15) is 13.2 Å². The summed E-state index contributed by atoms with van der Waals surface area (Å²) in [7, 11) is -3.70. The van der Waals surface area contributed by atoms with Crippen molar-refractivity contribution in [1.29, 1.82) is 0 Å². The highest BCUT2D eigenvalue weighted by Gasteiger charge is 2.11. The lowest BCUT2D eigenvalue weighted by atomic mass is 10.1. The number of carbonyl (C=O) groups excluding carboxylic acids is 1. The van der Waals surface area contributed by atoms with Crippen molar-refractivity contribution in [3.63, 3.8) is 0 Å². The Morgan fingerprint density at radius 3 is 2.52 bits per heavy atom. The third kappa shape index (κ3) is 5.90. The van der Waals surface area contributed by atoms with Crippen LogP contribution in [0.1, 0.15) is 17.9 Å². The van der Waals surface area contributed by atoms with Crippen LogP contribution in [0.5, 0.6) is 0 Å². The number of hydrogen-bond donors (Lipinski definition) is 2. The van der Waals surface area contributed by atoms with Gasteiger partial charge in [0.25, 0.3) is 0 Å². The Bertz CT molecular complexity index is 1090. The molecule has 3 aromatic rings. The predicted octanol–water partition coefficient (Wildman–Crippen LogP) is 2.93. The summed E-state index contributed by atoms with van der Waals surface area (Å²) in [6.45, 7) is 0.435. The summed E-state index contributed by atoms with van der Waals surface area (Å²) in [5.41, 5.74) is 1.65. The number of rotatable bonds is 8. The average Bonchev–Trinajstić information content (AvgIpc) is 3.15. The average molecular weight is 434 g/mol. The van der Waals surface area contributed by atoms with E-state index in [1.165, 1.54) is 12.1 Å². The summed E-state index contributed by atoms with van der Waals surface area (Å²) in [6.07, 6.45) is 2.79. The van der Waals surface area contributed by atoms with E-state index in [-0.39, 0.29) is 17.2 Å². The van der Waals surface area contributed by atoms with Crippen LogP contribution in [-0.4, -0.2) is 25.9 Å². The second kappa shape index (κ2) is 9.21. The van der Waals surface area contributed by atoms with Gasteiger partial charge in [-0.1, -0.05) is 35.9 Å². The first-order valence-electron chi connectivity index (χ1n) is 8.91. The third-order valence-electron chi connectivity index (χ3n) is 4.25. The molecule has 0 aliphatic heterocycles. The molecule has 0 aliphatic carbocycles. The van der Waals surface area contributed by atoms with Crippen LogP contribution >= 0.6 is 11.6 Å². The molecule has 7 nitrogen and oxygen atoms in total. The zero-order chi connectivity index (χ0) is 20.9. The number of amides is 1. The van der Waals surface area contributed by atoms with Gasteiger partial charge in [0.05, 0.1) is 16.1 Å². The molecule has 152 valence electrons. The van der Waals surface area contributed by atoms with E-state index in [1.54, 1.807) is 24.4 Å². The third-order valence-corrected chi connectivity index (χ3v) is 5.51. The van der Waals surface area contributed by atoms with Gasteiger partial charge in [0.15, 0.2) is 11.7 Å². The molecular formula is C20H20ClN3O4S. The van der Waals surface area contributed by atoms with Crippen LogP contribution in [0.3, 0.4) is 0 Å². The topological polar surface area (TPSA) is 115 Å². The molecule has 0 atom stereocenters. The van der Waals surface area contributed by atoms with Gasteiger partial charge < -0.3 is 9.73 Å². The maximum atomic E-state index is 12.0. The Labute approximate surface area is 173 Å². The van der Waals surface area contributed by atoms with E-state index in [0.29, 0.717) is 36.1 Å². The SMILES string of the molecule is NS(=O)(=O)c1ccc(CCNC(=O)CCc2ncc(-c3ccccc3Cl)o2)cc1. The number of sulfonamides is 1. The zero-order valence-electron chi connectivity index (χ0n) is 15.5. The first-order valence-corrected chi connectivity index (χ1v) is 10.8. The number of oxazole rings is 1. The number of benzene rings is 2. The van der Waals surface area contributed by atoms with Gasteiger partial charge in [-0.2, -0.15) is 0 Å². The summed E-state index contributed by atoms with van der Waals surface area (Å²) in [5.74, 6) is 0.909. The zero-order valence-corrected chi connectivity index (χ0v) is 17.0. The standard InChI is InChI=1S/C20H20ClN3O4S/c21-17-4-2-1-3-16(17)18-13-24-20(28-18)10-9-19(25)23-12-11-14-5-7-15(8-6-14)29(22,26)27/h1-8,13H,9-12H2,(H,23,25)(H2,22,26,27). The largest absolute Gasteiger partial charge is 0.441 e. The fraction of sp³-hybridized carbons (Fsp3) is 0.200. The molecular weight excluding hydrogens is 414 g/mol. The van der Waals surface area contributed by atoms with Crippen LogP contribution in [0.15, 0.2) is 64.0 Å². The lowest BCUT2D eigenvalue weighted by Gasteiger charge is -2.05. The van der Waals surface area contributed by atoms with Crippen LogP contribution in [0.2, 0.25) is 5.02 Å². The van der Waals surface area contributed by atoms with Gasteiger partial charge in [-0.25, -0.2) is 18.5 Å². The molecule has 0 radical (unpaired) electrons. The van der Waals surface area contributed by atoms with Gasteiger partial charge >= 0.3 is 0 Å². The summed E-state index contributed by atoms with van der Waals surface area (Å²) in [4.78, 5) is 16.3. The molecule has 0 spiro atoms. The van der Waals surface area contributed by atoms with Gasteiger partial charge in [-0.3, -0.25) is 4.79 Å². The van der Waals surface area contributed by atoms with E-state index < -0.39 is 10.0 Å².